The van der Waals surface area contributed by atoms with Crippen LogP contribution in [0.5, 0.6) is 0 Å². The van der Waals surface area contributed by atoms with Crippen molar-refractivity contribution in [3.8, 4) is 0 Å². The third-order valence-corrected chi connectivity index (χ3v) is 4.33. The van der Waals surface area contributed by atoms with Gasteiger partial charge in [0.1, 0.15) is 0 Å². The molecule has 3 aromatic heterocycles. The van der Waals surface area contributed by atoms with Gasteiger partial charge in [0.25, 0.3) is 0 Å². The monoisotopic (exact) mass is 271 g/mol. The van der Waals surface area contributed by atoms with E-state index in [1.165, 1.54) is 6.07 Å². The zero-order chi connectivity index (χ0) is 13.9. The number of aryl methyl sites for hydroxylation is 2. The first-order valence-electron chi connectivity index (χ1n) is 6.62. The largest absolute Gasteiger partial charge is 0.272 e. The summed E-state index contributed by atoms with van der Waals surface area (Å²) in [7, 11) is 1.93. The van der Waals surface area contributed by atoms with Crippen molar-refractivity contribution in [2.75, 3.05) is 0 Å². The number of halogens is 1. The minimum atomic E-state index is -0.495. The van der Waals surface area contributed by atoms with Gasteiger partial charge in [0.15, 0.2) is 5.65 Å². The number of hydrogen-bond donors (Lipinski definition) is 0. The maximum atomic E-state index is 13.5. The van der Waals surface area contributed by atoms with E-state index in [1.807, 2.05) is 24.0 Å². The van der Waals surface area contributed by atoms with Crippen LogP contribution >= 0.6 is 0 Å². The van der Waals surface area contributed by atoms with Crippen LogP contribution in [-0.4, -0.2) is 24.4 Å². The smallest absolute Gasteiger partial charge is 0.235 e. The van der Waals surface area contributed by atoms with Crippen LogP contribution in [0.25, 0.3) is 5.65 Å². The molecule has 1 atom stereocenters. The average molecular weight is 271 g/mol. The molecule has 1 aliphatic carbocycles. The van der Waals surface area contributed by atoms with Gasteiger partial charge in [-0.2, -0.15) is 9.49 Å². The summed E-state index contributed by atoms with van der Waals surface area (Å²) in [4.78, 5) is 4.28. The summed E-state index contributed by atoms with van der Waals surface area (Å²) >= 11 is 0. The predicted molar refractivity (Wildman–Crippen MR) is 70.9 cm³/mol. The topological polar surface area (TPSA) is 48.0 Å². The van der Waals surface area contributed by atoms with Gasteiger partial charge < -0.3 is 0 Å². The molecule has 0 N–H and O–H groups in total. The molecule has 0 saturated heterocycles. The van der Waals surface area contributed by atoms with E-state index in [-0.39, 0.29) is 5.41 Å². The molecule has 4 rings (SSSR count). The summed E-state index contributed by atoms with van der Waals surface area (Å²) < 4.78 is 17.0. The second kappa shape index (κ2) is 3.65. The van der Waals surface area contributed by atoms with Crippen LogP contribution in [0, 0.1) is 5.95 Å². The molecule has 1 unspecified atom stereocenters. The number of aromatic nitrogens is 5. The summed E-state index contributed by atoms with van der Waals surface area (Å²) in [5, 5.41) is 8.24. The molecule has 0 fully saturated rings. The lowest BCUT2D eigenvalue weighted by Crippen LogP contribution is -2.26. The van der Waals surface area contributed by atoms with E-state index in [4.69, 9.17) is 0 Å². The zero-order valence-electron chi connectivity index (χ0n) is 11.3. The molecule has 1 aliphatic rings. The lowest BCUT2D eigenvalue weighted by molar-refractivity contribution is 0.483. The van der Waals surface area contributed by atoms with Crippen molar-refractivity contribution in [2.24, 2.45) is 7.05 Å². The van der Waals surface area contributed by atoms with Crippen LogP contribution in [0.2, 0.25) is 0 Å². The summed E-state index contributed by atoms with van der Waals surface area (Å²) in [6.07, 6.45) is 5.50. The molecule has 0 aliphatic heterocycles. The van der Waals surface area contributed by atoms with E-state index in [0.717, 1.165) is 29.8 Å². The molecule has 0 radical (unpaired) electrons. The van der Waals surface area contributed by atoms with Crippen molar-refractivity contribution in [1.29, 1.82) is 0 Å². The number of hydrogen-bond acceptors (Lipinski definition) is 3. The van der Waals surface area contributed by atoms with Crippen molar-refractivity contribution in [1.82, 2.24) is 24.4 Å². The number of rotatable bonds is 1. The Kier molecular flexibility index (Phi) is 2.11. The van der Waals surface area contributed by atoms with Crippen molar-refractivity contribution in [2.45, 2.75) is 25.2 Å². The zero-order valence-corrected chi connectivity index (χ0v) is 11.3. The first-order valence-corrected chi connectivity index (χ1v) is 6.62. The Balaban J connectivity index is 2.06. The first-order chi connectivity index (χ1) is 9.59. The molecule has 3 heterocycles. The lowest BCUT2D eigenvalue weighted by Gasteiger charge is -2.25. The van der Waals surface area contributed by atoms with E-state index >= 15 is 0 Å². The minimum Gasteiger partial charge on any atom is -0.272 e. The fraction of sp³-hybridized carbons (Fsp3) is 0.357. The maximum absolute atomic E-state index is 13.5. The lowest BCUT2D eigenvalue weighted by atomic mass is 9.84. The molecule has 0 bridgehead atoms. The Hall–Kier alpha value is -2.24. The molecule has 20 heavy (non-hydrogen) atoms. The minimum absolute atomic E-state index is 0.222. The van der Waals surface area contributed by atoms with E-state index < -0.39 is 5.95 Å². The van der Waals surface area contributed by atoms with E-state index in [2.05, 4.69) is 22.1 Å². The van der Waals surface area contributed by atoms with Crippen molar-refractivity contribution >= 4 is 5.65 Å². The maximum Gasteiger partial charge on any atom is 0.235 e. The third kappa shape index (κ3) is 1.33. The molecule has 3 aromatic rings. The first kappa shape index (κ1) is 11.6. The van der Waals surface area contributed by atoms with Crippen LogP contribution in [0.15, 0.2) is 24.5 Å². The van der Waals surface area contributed by atoms with Gasteiger partial charge in [0, 0.05) is 31.2 Å². The van der Waals surface area contributed by atoms with Crippen LogP contribution in [0.4, 0.5) is 4.39 Å². The number of nitrogens with zero attached hydrogens (tertiary/aromatic N) is 5. The van der Waals surface area contributed by atoms with Gasteiger partial charge >= 0.3 is 0 Å². The second-order valence-corrected chi connectivity index (χ2v) is 5.54. The van der Waals surface area contributed by atoms with Crippen LogP contribution < -0.4 is 0 Å². The SMILES string of the molecule is Cn1nccc1C1(C)CCc2cnc3cc(F)nn3c21. The Labute approximate surface area is 115 Å². The van der Waals surface area contributed by atoms with Gasteiger partial charge in [-0.05, 0) is 31.4 Å². The molecule has 0 saturated carbocycles. The predicted octanol–water partition coefficient (Wildman–Crippen LogP) is 1.85. The van der Waals surface area contributed by atoms with E-state index in [0.29, 0.717) is 5.65 Å². The molecule has 0 spiro atoms. The number of fused-ring (bicyclic) bond motifs is 3. The molecule has 6 heteroatoms. The van der Waals surface area contributed by atoms with Crippen molar-refractivity contribution in [3.05, 3.63) is 47.4 Å². The third-order valence-electron chi connectivity index (χ3n) is 4.33. The summed E-state index contributed by atoms with van der Waals surface area (Å²) in [6, 6.07) is 3.38. The van der Waals surface area contributed by atoms with Gasteiger partial charge in [-0.25, -0.2) is 9.50 Å². The highest BCUT2D eigenvalue weighted by Gasteiger charge is 2.41. The van der Waals surface area contributed by atoms with Gasteiger partial charge in [-0.3, -0.25) is 4.68 Å². The Morgan fingerprint density at radius 2 is 2.25 bits per heavy atom. The molecule has 0 aromatic carbocycles. The Bertz CT molecular complexity index is 818. The molecule has 102 valence electrons. The summed E-state index contributed by atoms with van der Waals surface area (Å²) in [5.74, 6) is -0.495. The molecular formula is C14H14FN5. The van der Waals surface area contributed by atoms with Gasteiger partial charge in [-0.15, -0.1) is 5.10 Å². The molecule has 5 nitrogen and oxygen atoms in total. The molecule has 0 amide bonds. The van der Waals surface area contributed by atoms with Crippen LogP contribution in [-0.2, 0) is 18.9 Å². The van der Waals surface area contributed by atoms with Crippen LogP contribution in [0.1, 0.15) is 30.3 Å². The highest BCUT2D eigenvalue weighted by Crippen LogP contribution is 2.43. The Morgan fingerprint density at radius 1 is 1.40 bits per heavy atom. The Morgan fingerprint density at radius 3 is 3.00 bits per heavy atom. The van der Waals surface area contributed by atoms with Gasteiger partial charge in [0.05, 0.1) is 11.1 Å². The fourth-order valence-electron chi connectivity index (χ4n) is 3.38. The fourth-order valence-corrected chi connectivity index (χ4v) is 3.38. The van der Waals surface area contributed by atoms with Crippen LogP contribution in [0.3, 0.4) is 0 Å². The quantitative estimate of drug-likeness (QED) is 0.678. The highest BCUT2D eigenvalue weighted by molar-refractivity contribution is 5.47. The van der Waals surface area contributed by atoms with E-state index in [9.17, 15) is 4.39 Å². The van der Waals surface area contributed by atoms with E-state index in [1.54, 1.807) is 10.7 Å². The van der Waals surface area contributed by atoms with Crippen molar-refractivity contribution < 1.29 is 4.39 Å². The highest BCUT2D eigenvalue weighted by atomic mass is 19.1. The van der Waals surface area contributed by atoms with Crippen molar-refractivity contribution in [3.63, 3.8) is 0 Å². The summed E-state index contributed by atoms with van der Waals surface area (Å²) in [5.41, 5.74) is 3.59. The van der Waals surface area contributed by atoms with Gasteiger partial charge in [0.2, 0.25) is 5.95 Å². The standard InChI is InChI=1S/C14H14FN5/c1-14(10-4-6-17-19(10)2)5-3-9-8-16-12-7-11(15)18-20(12)13(9)14/h4,6-8H,3,5H2,1-2H3. The second-order valence-electron chi connectivity index (χ2n) is 5.54. The average Bonchev–Trinajstić information content (AvgIpc) is 3.07. The molecular weight excluding hydrogens is 257 g/mol. The summed E-state index contributed by atoms with van der Waals surface area (Å²) in [6.45, 7) is 2.16. The normalized spacial score (nSPS) is 21.6. The van der Waals surface area contributed by atoms with Gasteiger partial charge in [-0.1, -0.05) is 0 Å².